The van der Waals surface area contributed by atoms with Crippen LogP contribution in [-0.2, 0) is 17.8 Å². The van der Waals surface area contributed by atoms with Crippen molar-refractivity contribution < 1.29 is 14.3 Å². The van der Waals surface area contributed by atoms with Crippen molar-refractivity contribution in [3.05, 3.63) is 59.4 Å². The standard InChI is InChI=1S/C21H25N3O3/c1-16-15-27-20-6-5-17(13-23-8-10-26-11-9-23)12-18(20)14-24(16)21(25)19-4-2-3-7-22-19/h2-7,12,16H,8-11,13-15H2,1H3/t16-/m0/s1. The van der Waals surface area contributed by atoms with E-state index in [0.29, 0.717) is 18.8 Å². The summed E-state index contributed by atoms with van der Waals surface area (Å²) in [5.74, 6) is 0.807. The molecule has 0 saturated carbocycles. The number of hydrogen-bond acceptors (Lipinski definition) is 5. The highest BCUT2D eigenvalue weighted by molar-refractivity contribution is 5.92. The molecule has 4 rings (SSSR count). The number of amides is 1. The lowest BCUT2D eigenvalue weighted by molar-refractivity contribution is 0.0341. The number of fused-ring (bicyclic) bond motifs is 1. The van der Waals surface area contributed by atoms with E-state index >= 15 is 0 Å². The average Bonchev–Trinajstić information content (AvgIpc) is 2.88. The van der Waals surface area contributed by atoms with E-state index in [4.69, 9.17) is 9.47 Å². The van der Waals surface area contributed by atoms with Gasteiger partial charge in [0.15, 0.2) is 0 Å². The molecule has 1 saturated heterocycles. The van der Waals surface area contributed by atoms with Crippen LogP contribution in [0.4, 0.5) is 0 Å². The van der Waals surface area contributed by atoms with Crippen molar-refractivity contribution >= 4 is 5.91 Å². The Labute approximate surface area is 159 Å². The first-order valence-corrected chi connectivity index (χ1v) is 9.47. The SMILES string of the molecule is C[C@H]1COc2ccc(CN3CCOCC3)cc2CN1C(=O)c1ccccn1. The third-order valence-electron chi connectivity index (χ3n) is 5.13. The maximum absolute atomic E-state index is 13.0. The van der Waals surface area contributed by atoms with Crippen molar-refractivity contribution in [3.63, 3.8) is 0 Å². The third kappa shape index (κ3) is 4.12. The monoisotopic (exact) mass is 367 g/mol. The van der Waals surface area contributed by atoms with Crippen LogP contribution in [0.1, 0.15) is 28.5 Å². The number of rotatable bonds is 3. The van der Waals surface area contributed by atoms with Crippen LogP contribution in [0.25, 0.3) is 0 Å². The van der Waals surface area contributed by atoms with Gasteiger partial charge in [-0.2, -0.15) is 0 Å². The molecule has 1 aromatic heterocycles. The lowest BCUT2D eigenvalue weighted by Crippen LogP contribution is -2.40. The number of ether oxygens (including phenoxy) is 2. The van der Waals surface area contributed by atoms with Crippen molar-refractivity contribution in [2.45, 2.75) is 26.1 Å². The number of nitrogens with zero attached hydrogens (tertiary/aromatic N) is 3. The highest BCUT2D eigenvalue weighted by atomic mass is 16.5. The Morgan fingerprint density at radius 2 is 2.07 bits per heavy atom. The second kappa shape index (κ2) is 8.06. The van der Waals surface area contributed by atoms with Gasteiger partial charge < -0.3 is 14.4 Å². The Morgan fingerprint density at radius 1 is 1.22 bits per heavy atom. The third-order valence-corrected chi connectivity index (χ3v) is 5.13. The molecular formula is C21H25N3O3. The van der Waals surface area contributed by atoms with Gasteiger partial charge in [-0.1, -0.05) is 12.1 Å². The Bertz CT molecular complexity index is 791. The maximum Gasteiger partial charge on any atom is 0.273 e. The zero-order valence-corrected chi connectivity index (χ0v) is 15.6. The summed E-state index contributed by atoms with van der Waals surface area (Å²) >= 11 is 0. The predicted molar refractivity (Wildman–Crippen MR) is 102 cm³/mol. The molecule has 2 aromatic rings. The largest absolute Gasteiger partial charge is 0.491 e. The Hall–Kier alpha value is -2.44. The van der Waals surface area contributed by atoms with E-state index in [1.807, 2.05) is 30.0 Å². The first-order chi connectivity index (χ1) is 13.2. The lowest BCUT2D eigenvalue weighted by atomic mass is 10.1. The smallest absolute Gasteiger partial charge is 0.273 e. The van der Waals surface area contributed by atoms with E-state index in [0.717, 1.165) is 44.2 Å². The molecule has 3 heterocycles. The maximum atomic E-state index is 13.0. The molecule has 1 aromatic carbocycles. The molecule has 0 spiro atoms. The van der Waals surface area contributed by atoms with Crippen LogP contribution >= 0.6 is 0 Å². The molecule has 2 aliphatic rings. The van der Waals surface area contributed by atoms with Crippen LogP contribution in [0.2, 0.25) is 0 Å². The van der Waals surface area contributed by atoms with E-state index in [9.17, 15) is 4.79 Å². The summed E-state index contributed by atoms with van der Waals surface area (Å²) < 4.78 is 11.4. The van der Waals surface area contributed by atoms with E-state index < -0.39 is 0 Å². The molecule has 2 aliphatic heterocycles. The van der Waals surface area contributed by atoms with Crippen molar-refractivity contribution in [2.75, 3.05) is 32.9 Å². The van der Waals surface area contributed by atoms with Gasteiger partial charge in [0.1, 0.15) is 18.1 Å². The fourth-order valence-electron chi connectivity index (χ4n) is 3.56. The van der Waals surface area contributed by atoms with Gasteiger partial charge in [0.2, 0.25) is 0 Å². The molecule has 0 radical (unpaired) electrons. The summed E-state index contributed by atoms with van der Waals surface area (Å²) in [6.07, 6.45) is 1.65. The molecule has 142 valence electrons. The average molecular weight is 367 g/mol. The highest BCUT2D eigenvalue weighted by Crippen LogP contribution is 2.27. The van der Waals surface area contributed by atoms with Crippen molar-refractivity contribution in [2.24, 2.45) is 0 Å². The Morgan fingerprint density at radius 3 is 2.85 bits per heavy atom. The van der Waals surface area contributed by atoms with Gasteiger partial charge in [-0.25, -0.2) is 0 Å². The summed E-state index contributed by atoms with van der Waals surface area (Å²) in [6.45, 7) is 7.40. The molecular weight excluding hydrogens is 342 g/mol. The molecule has 0 unspecified atom stereocenters. The van der Waals surface area contributed by atoms with Gasteiger partial charge in [-0.3, -0.25) is 14.7 Å². The minimum Gasteiger partial charge on any atom is -0.491 e. The van der Waals surface area contributed by atoms with E-state index in [1.165, 1.54) is 5.56 Å². The summed E-state index contributed by atoms with van der Waals surface area (Å²) in [5.41, 5.74) is 2.76. The van der Waals surface area contributed by atoms with Gasteiger partial charge in [0.25, 0.3) is 5.91 Å². The Kier molecular flexibility index (Phi) is 5.36. The molecule has 1 fully saturated rings. The molecule has 0 bridgehead atoms. The normalized spacial score (nSPS) is 20.5. The second-order valence-corrected chi connectivity index (χ2v) is 7.14. The molecule has 6 heteroatoms. The predicted octanol–water partition coefficient (Wildman–Crippen LogP) is 2.34. The van der Waals surface area contributed by atoms with Crippen molar-refractivity contribution in [1.82, 2.24) is 14.8 Å². The number of aromatic nitrogens is 1. The van der Waals surface area contributed by atoms with Gasteiger partial charge in [0.05, 0.1) is 25.8 Å². The first-order valence-electron chi connectivity index (χ1n) is 9.47. The minimum atomic E-state index is -0.0573. The van der Waals surface area contributed by atoms with Crippen LogP contribution < -0.4 is 4.74 Å². The van der Waals surface area contributed by atoms with Crippen molar-refractivity contribution in [3.8, 4) is 5.75 Å². The molecule has 27 heavy (non-hydrogen) atoms. The minimum absolute atomic E-state index is 0.0189. The zero-order valence-electron chi connectivity index (χ0n) is 15.6. The Balaban J connectivity index is 1.55. The van der Waals surface area contributed by atoms with Gasteiger partial charge in [-0.15, -0.1) is 0 Å². The first kappa shape index (κ1) is 17.9. The fraction of sp³-hybridized carbons (Fsp3) is 0.429. The topological polar surface area (TPSA) is 54.9 Å². The zero-order chi connectivity index (χ0) is 18.6. The number of hydrogen-bond donors (Lipinski definition) is 0. The van der Waals surface area contributed by atoms with Crippen LogP contribution in [-0.4, -0.2) is 59.6 Å². The van der Waals surface area contributed by atoms with Gasteiger partial charge >= 0.3 is 0 Å². The number of morpholine rings is 1. The molecule has 0 N–H and O–H groups in total. The van der Waals surface area contributed by atoms with Gasteiger partial charge in [0, 0.05) is 31.4 Å². The van der Waals surface area contributed by atoms with E-state index in [1.54, 1.807) is 12.3 Å². The van der Waals surface area contributed by atoms with E-state index in [-0.39, 0.29) is 11.9 Å². The fourth-order valence-corrected chi connectivity index (χ4v) is 3.56. The highest BCUT2D eigenvalue weighted by Gasteiger charge is 2.27. The summed E-state index contributed by atoms with van der Waals surface area (Å²) in [5, 5.41) is 0. The molecule has 6 nitrogen and oxygen atoms in total. The van der Waals surface area contributed by atoms with Crippen LogP contribution in [0.5, 0.6) is 5.75 Å². The summed E-state index contributed by atoms with van der Waals surface area (Å²) in [4.78, 5) is 21.4. The lowest BCUT2D eigenvalue weighted by Gasteiger charge is -2.27. The van der Waals surface area contributed by atoms with Crippen molar-refractivity contribution in [1.29, 1.82) is 0 Å². The second-order valence-electron chi connectivity index (χ2n) is 7.14. The van der Waals surface area contributed by atoms with E-state index in [2.05, 4.69) is 22.0 Å². The molecule has 1 atom stereocenters. The quantitative estimate of drug-likeness (QED) is 0.833. The summed E-state index contributed by atoms with van der Waals surface area (Å²) in [7, 11) is 0. The number of benzene rings is 1. The summed E-state index contributed by atoms with van der Waals surface area (Å²) in [6, 6.07) is 11.7. The molecule has 0 aliphatic carbocycles. The number of carbonyl (C=O) groups excluding carboxylic acids is 1. The molecule has 1 amide bonds. The van der Waals surface area contributed by atoms with Crippen LogP contribution in [0.3, 0.4) is 0 Å². The van der Waals surface area contributed by atoms with Crippen LogP contribution in [0, 0.1) is 0 Å². The number of pyridine rings is 1. The number of carbonyl (C=O) groups is 1. The van der Waals surface area contributed by atoms with Gasteiger partial charge in [-0.05, 0) is 36.8 Å². The van der Waals surface area contributed by atoms with Crippen LogP contribution in [0.15, 0.2) is 42.6 Å².